The van der Waals surface area contributed by atoms with Crippen molar-refractivity contribution in [3.05, 3.63) is 28.8 Å². The Balaban J connectivity index is 2.54. The second-order valence-electron chi connectivity index (χ2n) is 4.44. The molecule has 0 aliphatic heterocycles. The first kappa shape index (κ1) is 15.3. The lowest BCUT2D eigenvalue weighted by molar-refractivity contribution is -0.123. The van der Waals surface area contributed by atoms with Crippen LogP contribution in [0.3, 0.4) is 0 Å². The maximum atomic E-state index is 11.4. The van der Waals surface area contributed by atoms with Gasteiger partial charge in [-0.05, 0) is 24.1 Å². The zero-order valence-electron chi connectivity index (χ0n) is 10.8. The van der Waals surface area contributed by atoms with Gasteiger partial charge in [-0.15, -0.1) is 0 Å². The second kappa shape index (κ2) is 6.99. The highest BCUT2D eigenvalue weighted by Crippen LogP contribution is 2.25. The summed E-state index contributed by atoms with van der Waals surface area (Å²) in [7, 11) is 0. The van der Waals surface area contributed by atoms with Crippen molar-refractivity contribution < 1.29 is 19.4 Å². The fraction of sp³-hybridized carbons (Fsp3) is 0.385. The number of carboxylic acid groups (broad SMARTS) is 1. The van der Waals surface area contributed by atoms with E-state index in [1.54, 1.807) is 0 Å². The normalized spacial score (nSPS) is 10.3. The molecule has 0 aromatic heterocycles. The van der Waals surface area contributed by atoms with Gasteiger partial charge in [0.1, 0.15) is 5.75 Å². The molecule has 0 spiro atoms. The number of ether oxygens (including phenoxy) is 1. The van der Waals surface area contributed by atoms with Crippen LogP contribution in [0, 0.1) is 5.92 Å². The molecule has 0 unspecified atom stereocenters. The van der Waals surface area contributed by atoms with Gasteiger partial charge in [-0.1, -0.05) is 25.4 Å². The number of hydrogen-bond acceptors (Lipinski definition) is 3. The van der Waals surface area contributed by atoms with Crippen LogP contribution >= 0.6 is 11.6 Å². The maximum Gasteiger partial charge on any atom is 0.335 e. The van der Waals surface area contributed by atoms with Crippen molar-refractivity contribution in [1.82, 2.24) is 5.32 Å². The fourth-order valence-electron chi connectivity index (χ4n) is 1.26. The first-order valence-corrected chi connectivity index (χ1v) is 6.20. The van der Waals surface area contributed by atoms with Gasteiger partial charge in [0.2, 0.25) is 0 Å². The molecule has 19 heavy (non-hydrogen) atoms. The average Bonchev–Trinajstić information content (AvgIpc) is 2.34. The van der Waals surface area contributed by atoms with E-state index in [0.717, 1.165) is 0 Å². The summed E-state index contributed by atoms with van der Waals surface area (Å²) in [5.41, 5.74) is 0.0709. The van der Waals surface area contributed by atoms with E-state index in [0.29, 0.717) is 12.5 Å². The van der Waals surface area contributed by atoms with Crippen molar-refractivity contribution in [2.75, 3.05) is 13.2 Å². The highest BCUT2D eigenvalue weighted by molar-refractivity contribution is 6.32. The quantitative estimate of drug-likeness (QED) is 0.840. The van der Waals surface area contributed by atoms with Gasteiger partial charge >= 0.3 is 5.97 Å². The molecule has 1 amide bonds. The zero-order chi connectivity index (χ0) is 14.4. The molecule has 6 heteroatoms. The molecule has 5 nitrogen and oxygen atoms in total. The topological polar surface area (TPSA) is 75.6 Å². The van der Waals surface area contributed by atoms with Crippen LogP contribution in [0.15, 0.2) is 18.2 Å². The number of amides is 1. The molecule has 0 saturated carbocycles. The molecule has 0 bridgehead atoms. The number of carboxylic acids is 1. The highest BCUT2D eigenvalue weighted by atomic mass is 35.5. The molecular formula is C13H16ClNO4. The van der Waals surface area contributed by atoms with Crippen molar-refractivity contribution >= 4 is 23.5 Å². The molecule has 0 saturated heterocycles. The Morgan fingerprint density at radius 3 is 2.63 bits per heavy atom. The smallest absolute Gasteiger partial charge is 0.335 e. The maximum absolute atomic E-state index is 11.4. The van der Waals surface area contributed by atoms with Gasteiger partial charge in [-0.2, -0.15) is 0 Å². The molecule has 1 aromatic carbocycles. The molecule has 0 atom stereocenters. The summed E-state index contributed by atoms with van der Waals surface area (Å²) in [6.07, 6.45) is 0. The Morgan fingerprint density at radius 1 is 1.42 bits per heavy atom. The number of rotatable bonds is 6. The van der Waals surface area contributed by atoms with Gasteiger partial charge in [0, 0.05) is 6.54 Å². The van der Waals surface area contributed by atoms with E-state index in [9.17, 15) is 9.59 Å². The summed E-state index contributed by atoms with van der Waals surface area (Å²) in [5.74, 6) is -0.663. The minimum absolute atomic E-state index is 0.0709. The lowest BCUT2D eigenvalue weighted by atomic mass is 10.2. The summed E-state index contributed by atoms with van der Waals surface area (Å²) < 4.78 is 5.23. The van der Waals surface area contributed by atoms with Crippen LogP contribution in [0.25, 0.3) is 0 Å². The summed E-state index contributed by atoms with van der Waals surface area (Å²) in [5, 5.41) is 11.6. The number of nitrogens with one attached hydrogen (secondary N) is 1. The van der Waals surface area contributed by atoms with Gasteiger partial charge in [-0.3, -0.25) is 4.79 Å². The number of benzene rings is 1. The van der Waals surface area contributed by atoms with Gasteiger partial charge in [-0.25, -0.2) is 4.79 Å². The molecule has 1 aromatic rings. The third kappa shape index (κ3) is 5.18. The van der Waals surface area contributed by atoms with Gasteiger partial charge in [0.25, 0.3) is 5.91 Å². The van der Waals surface area contributed by atoms with E-state index in [2.05, 4.69) is 5.32 Å². The van der Waals surface area contributed by atoms with Crippen LogP contribution in [0.4, 0.5) is 0 Å². The third-order valence-corrected chi connectivity index (χ3v) is 2.54. The molecule has 0 heterocycles. The number of hydrogen-bond donors (Lipinski definition) is 2. The Labute approximate surface area is 116 Å². The van der Waals surface area contributed by atoms with Crippen molar-refractivity contribution in [2.24, 2.45) is 5.92 Å². The van der Waals surface area contributed by atoms with Crippen LogP contribution in [-0.2, 0) is 4.79 Å². The first-order valence-electron chi connectivity index (χ1n) is 5.82. The number of carbonyl (C=O) groups excluding carboxylic acids is 1. The molecule has 104 valence electrons. The average molecular weight is 286 g/mol. The number of halogens is 1. The molecule has 0 aliphatic carbocycles. The Bertz CT molecular complexity index is 474. The Kier molecular flexibility index (Phi) is 5.63. The van der Waals surface area contributed by atoms with Gasteiger partial charge in [0.15, 0.2) is 6.61 Å². The molecule has 2 N–H and O–H groups in total. The highest BCUT2D eigenvalue weighted by Gasteiger charge is 2.09. The summed E-state index contributed by atoms with van der Waals surface area (Å²) in [6, 6.07) is 4.09. The largest absolute Gasteiger partial charge is 0.482 e. The molecular weight excluding hydrogens is 270 g/mol. The Morgan fingerprint density at radius 2 is 2.11 bits per heavy atom. The van der Waals surface area contributed by atoms with E-state index in [4.69, 9.17) is 21.4 Å². The van der Waals surface area contributed by atoms with Crippen LogP contribution in [-0.4, -0.2) is 30.1 Å². The second-order valence-corrected chi connectivity index (χ2v) is 4.84. The van der Waals surface area contributed by atoms with Crippen LogP contribution < -0.4 is 10.1 Å². The predicted molar refractivity (Wildman–Crippen MR) is 71.8 cm³/mol. The van der Waals surface area contributed by atoms with Crippen molar-refractivity contribution in [3.8, 4) is 5.75 Å². The molecule has 0 fully saturated rings. The van der Waals surface area contributed by atoms with Crippen LogP contribution in [0.2, 0.25) is 5.02 Å². The van der Waals surface area contributed by atoms with E-state index < -0.39 is 5.97 Å². The summed E-state index contributed by atoms with van der Waals surface area (Å²) in [4.78, 5) is 22.1. The van der Waals surface area contributed by atoms with E-state index in [1.807, 2.05) is 13.8 Å². The summed E-state index contributed by atoms with van der Waals surface area (Å²) in [6.45, 7) is 4.40. The van der Waals surface area contributed by atoms with Crippen molar-refractivity contribution in [2.45, 2.75) is 13.8 Å². The standard InChI is InChI=1S/C13H16ClNO4/c1-8(2)6-15-12(16)7-19-11-4-3-9(13(17)18)5-10(11)14/h3-5,8H,6-7H2,1-2H3,(H,15,16)(H,17,18). The number of carbonyl (C=O) groups is 2. The minimum Gasteiger partial charge on any atom is -0.482 e. The zero-order valence-corrected chi connectivity index (χ0v) is 11.5. The monoisotopic (exact) mass is 285 g/mol. The molecule has 0 radical (unpaired) electrons. The van der Waals surface area contributed by atoms with Gasteiger partial charge < -0.3 is 15.2 Å². The van der Waals surface area contributed by atoms with Gasteiger partial charge in [0.05, 0.1) is 10.6 Å². The Hall–Kier alpha value is -1.75. The minimum atomic E-state index is -1.07. The van der Waals surface area contributed by atoms with E-state index in [1.165, 1.54) is 18.2 Å². The fourth-order valence-corrected chi connectivity index (χ4v) is 1.50. The lowest BCUT2D eigenvalue weighted by Crippen LogP contribution is -2.31. The van der Waals surface area contributed by atoms with Crippen LogP contribution in [0.5, 0.6) is 5.75 Å². The summed E-state index contributed by atoms with van der Waals surface area (Å²) >= 11 is 5.86. The predicted octanol–water partition coefficient (Wildman–Crippen LogP) is 2.19. The molecule has 1 rings (SSSR count). The SMILES string of the molecule is CC(C)CNC(=O)COc1ccc(C(=O)O)cc1Cl. The van der Waals surface area contributed by atoms with Crippen LogP contribution in [0.1, 0.15) is 24.2 Å². The molecule has 0 aliphatic rings. The third-order valence-electron chi connectivity index (χ3n) is 2.25. The van der Waals surface area contributed by atoms with Crippen molar-refractivity contribution in [3.63, 3.8) is 0 Å². The van der Waals surface area contributed by atoms with E-state index >= 15 is 0 Å². The van der Waals surface area contributed by atoms with Crippen molar-refractivity contribution in [1.29, 1.82) is 0 Å². The van der Waals surface area contributed by atoms with E-state index in [-0.39, 0.29) is 28.8 Å². The number of aromatic carboxylic acids is 1. The first-order chi connectivity index (χ1) is 8.90. The lowest BCUT2D eigenvalue weighted by Gasteiger charge is -2.10.